The zero-order chi connectivity index (χ0) is 67.6. The van der Waals surface area contributed by atoms with Gasteiger partial charge >= 0.3 is 0 Å². The molecule has 6 N–H and O–H groups in total. The molecule has 0 spiro atoms. The number of benzene rings is 4. The van der Waals surface area contributed by atoms with E-state index in [2.05, 4.69) is 163 Å². The lowest BCUT2D eigenvalue weighted by Gasteiger charge is -2.26. The van der Waals surface area contributed by atoms with Gasteiger partial charge in [-0.25, -0.2) is 9.97 Å². The molecule has 4 atom stereocenters. The molecule has 7 aromatic rings. The van der Waals surface area contributed by atoms with Gasteiger partial charge in [0.25, 0.3) is 23.6 Å². The normalized spacial score (nSPS) is 18.9. The molecule has 4 aromatic carbocycles. The van der Waals surface area contributed by atoms with Gasteiger partial charge in [0.15, 0.2) is 0 Å². The maximum absolute atomic E-state index is 14.5. The van der Waals surface area contributed by atoms with Crippen LogP contribution < -0.4 is 21.3 Å². The summed E-state index contributed by atoms with van der Waals surface area (Å²) in [6.45, 7) is 28.6. The van der Waals surface area contributed by atoms with E-state index in [0.717, 1.165) is 81.2 Å². The maximum Gasteiger partial charge on any atom is 0.253 e. The second kappa shape index (κ2) is 26.0. The van der Waals surface area contributed by atoms with Crippen molar-refractivity contribution < 1.29 is 38.1 Å². The topological polar surface area (TPSA) is 211 Å². The summed E-state index contributed by atoms with van der Waals surface area (Å²) in [5, 5.41) is 13.1. The summed E-state index contributed by atoms with van der Waals surface area (Å²) in [6, 6.07) is 33.0. The Balaban J connectivity index is 1.20. The van der Waals surface area contributed by atoms with Crippen molar-refractivity contribution in [1.82, 2.24) is 19.9 Å². The molecule has 6 aliphatic heterocycles. The van der Waals surface area contributed by atoms with E-state index in [-0.39, 0.29) is 45.3 Å². The number of carbonyl (C=O) groups is 4. The van der Waals surface area contributed by atoms with Crippen LogP contribution in [-0.2, 0) is 59.8 Å². The smallest absolute Gasteiger partial charge is 0.253 e. The number of aromatic nitrogens is 4. The summed E-state index contributed by atoms with van der Waals surface area (Å²) in [6.07, 6.45) is 10.8. The van der Waals surface area contributed by atoms with Crippen molar-refractivity contribution in [3.05, 3.63) is 142 Å². The van der Waals surface area contributed by atoms with Gasteiger partial charge < -0.3 is 50.2 Å². The van der Waals surface area contributed by atoms with Gasteiger partial charge in [0.05, 0.1) is 45.5 Å². The molecule has 4 saturated heterocycles. The van der Waals surface area contributed by atoms with E-state index in [1.54, 1.807) is 0 Å². The van der Waals surface area contributed by atoms with E-state index in [4.69, 9.17) is 28.9 Å². The first-order valence-electron chi connectivity index (χ1n) is 34.2. The van der Waals surface area contributed by atoms with Crippen molar-refractivity contribution in [2.24, 2.45) is 0 Å². The summed E-state index contributed by atoms with van der Waals surface area (Å²) in [7, 11) is 0. The highest BCUT2D eigenvalue weighted by Gasteiger charge is 2.34. The van der Waals surface area contributed by atoms with E-state index in [1.165, 1.54) is 0 Å². The standard InChI is InChI=1S/C80H90N8O8/c1-77(2,3)47-39-45(40-48(43-47)78(4,5)6)67-55-27-31-59(81-55)71(69-51(85-73(89)63-23-15-35-93-63)19-13-20-52(69)86-74(90)64-24-16-36-94-64)61-33-29-57(83-61)68(46-41-49(79(7,8)9)44-50(42-46)80(10,11)12)58-30-34-62(84-58)72(60-32-28-56(67)82-60)70-53(87-75(91)65-25-17-37-95-65)21-14-22-54(70)88-76(92)66-26-18-38-96-66/h13-14,19-22,27-34,39-44,63-66,81,84H,15-18,23-26,35-38H2,1-12H3,(H,85,89)(H,86,90)(H,87,91)(H,88,92)/t63-,64-,65-,66-/m0/s1. The van der Waals surface area contributed by atoms with Crippen molar-refractivity contribution in [3.63, 3.8) is 0 Å². The first-order chi connectivity index (χ1) is 45.7. The highest BCUT2D eigenvalue weighted by atomic mass is 16.5. The first kappa shape index (κ1) is 65.8. The SMILES string of the molecule is CC(C)(C)c1cc(-c2c3nc(c(-c4c(NC(=O)[C@@H]5CCCO5)cccc4NC(=O)[C@@H]4CCCO4)c4ccc([nH]4)c(-c4cc(C(C)(C)C)cc(C(C)(C)C)c4)c4nc(c(-c5c(NC(=O)[C@@H]6CCCO6)cccc5NC(=O)[C@@H]5CCCO5)c5ccc2[nH]5)C=C4)C=C3)cc(C(C)(C)C)c1. The van der Waals surface area contributed by atoms with Gasteiger partial charge in [-0.2, -0.15) is 0 Å². The van der Waals surface area contributed by atoms with Crippen molar-refractivity contribution in [3.8, 4) is 44.5 Å². The molecule has 0 aliphatic carbocycles. The average Bonchev–Trinajstić information content (AvgIpc) is 1.54. The highest BCUT2D eigenvalue weighted by Crippen LogP contribution is 2.47. The van der Waals surface area contributed by atoms with Crippen LogP contribution >= 0.6 is 0 Å². The fraction of sp³-hybridized carbons (Fsp3) is 0.400. The lowest BCUT2D eigenvalue weighted by atomic mass is 9.78. The number of fused-ring (bicyclic) bond motifs is 8. The minimum Gasteiger partial charge on any atom is -0.368 e. The lowest BCUT2D eigenvalue weighted by Crippen LogP contribution is -2.28. The Hall–Kier alpha value is -8.80. The van der Waals surface area contributed by atoms with E-state index in [9.17, 15) is 19.2 Å². The van der Waals surface area contributed by atoms with Gasteiger partial charge in [0.1, 0.15) is 24.4 Å². The largest absolute Gasteiger partial charge is 0.368 e. The molecule has 4 fully saturated rings. The number of amides is 4. The van der Waals surface area contributed by atoms with Gasteiger partial charge in [0.2, 0.25) is 0 Å². The summed E-state index contributed by atoms with van der Waals surface area (Å²) in [5.74, 6) is -1.15. The number of carbonyl (C=O) groups excluding carboxylic acids is 4. The van der Waals surface area contributed by atoms with Crippen molar-refractivity contribution in [1.29, 1.82) is 0 Å². The molecule has 0 unspecified atom stereocenters. The van der Waals surface area contributed by atoms with Gasteiger partial charge in [-0.05, 0) is 179 Å². The third kappa shape index (κ3) is 13.5. The van der Waals surface area contributed by atoms with Crippen LogP contribution in [-0.4, -0.2) is 94.4 Å². The van der Waals surface area contributed by atoms with E-state index >= 15 is 0 Å². The molecule has 498 valence electrons. The lowest BCUT2D eigenvalue weighted by molar-refractivity contribution is -0.125. The van der Waals surface area contributed by atoms with Crippen LogP contribution in [0.5, 0.6) is 0 Å². The van der Waals surface area contributed by atoms with Crippen LogP contribution in [0.25, 0.3) is 90.9 Å². The average molecular weight is 1290 g/mol. The van der Waals surface area contributed by atoms with Crippen LogP contribution in [0.1, 0.15) is 179 Å². The van der Waals surface area contributed by atoms with Gasteiger partial charge in [0, 0.05) is 81.9 Å². The number of nitrogens with zero attached hydrogens (tertiary/aromatic N) is 2. The molecule has 96 heavy (non-hydrogen) atoms. The highest BCUT2D eigenvalue weighted by molar-refractivity contribution is 6.12. The molecule has 6 aliphatic rings. The number of rotatable bonds is 12. The Morgan fingerprint density at radius 3 is 0.844 bits per heavy atom. The van der Waals surface area contributed by atoms with Crippen LogP contribution in [0.3, 0.4) is 0 Å². The zero-order valence-corrected chi connectivity index (χ0v) is 57.5. The molecular weight excluding hydrogens is 1200 g/mol. The van der Waals surface area contributed by atoms with E-state index < -0.39 is 24.4 Å². The number of hydrogen-bond donors (Lipinski definition) is 6. The minimum absolute atomic E-state index is 0.267. The van der Waals surface area contributed by atoms with Crippen LogP contribution in [0.2, 0.25) is 0 Å². The second-order valence-electron chi connectivity index (χ2n) is 30.5. The van der Waals surface area contributed by atoms with Gasteiger partial charge in [-0.1, -0.05) is 132 Å². The molecule has 0 radical (unpaired) electrons. The predicted octanol–water partition coefficient (Wildman–Crippen LogP) is 17.0. The van der Waals surface area contributed by atoms with Crippen molar-refractivity contribution in [2.45, 2.75) is 181 Å². The first-order valence-corrected chi connectivity index (χ1v) is 34.2. The summed E-state index contributed by atoms with van der Waals surface area (Å²) < 4.78 is 24.0. The summed E-state index contributed by atoms with van der Waals surface area (Å²) >= 11 is 0. The molecule has 16 heteroatoms. The molecule has 0 saturated carbocycles. The van der Waals surface area contributed by atoms with Crippen molar-refractivity contribution >= 4 is 92.7 Å². The summed E-state index contributed by atoms with van der Waals surface area (Å²) in [5.41, 5.74) is 16.1. The number of ether oxygens (including phenoxy) is 4. The molecule has 13 rings (SSSR count). The zero-order valence-electron chi connectivity index (χ0n) is 57.5. The van der Waals surface area contributed by atoms with E-state index in [0.29, 0.717) is 131 Å². The third-order valence-electron chi connectivity index (χ3n) is 19.2. The molecule has 3 aromatic heterocycles. The number of anilines is 4. The van der Waals surface area contributed by atoms with Crippen LogP contribution in [0, 0.1) is 0 Å². The third-order valence-corrected chi connectivity index (χ3v) is 19.2. The number of nitrogens with one attached hydrogen (secondary N) is 6. The Morgan fingerprint density at radius 2 is 0.604 bits per heavy atom. The molecule has 16 nitrogen and oxygen atoms in total. The summed E-state index contributed by atoms with van der Waals surface area (Å²) in [4.78, 5) is 77.5. The monoisotopic (exact) mass is 1290 g/mol. The van der Waals surface area contributed by atoms with Gasteiger partial charge in [-0.3, -0.25) is 19.2 Å². The number of H-pyrrole nitrogens is 2. The Bertz CT molecular complexity index is 4030. The fourth-order valence-electron chi connectivity index (χ4n) is 13.7. The molecule has 4 amide bonds. The minimum atomic E-state index is -0.662. The van der Waals surface area contributed by atoms with E-state index in [1.807, 2.05) is 72.8 Å². The van der Waals surface area contributed by atoms with Gasteiger partial charge in [-0.15, -0.1) is 0 Å². The number of hydrogen-bond acceptors (Lipinski definition) is 10. The van der Waals surface area contributed by atoms with Crippen molar-refractivity contribution in [2.75, 3.05) is 47.7 Å². The Morgan fingerprint density at radius 1 is 0.354 bits per heavy atom. The molecular formula is C80H90N8O8. The maximum atomic E-state index is 14.5. The number of aromatic amines is 2. The molecule has 9 heterocycles. The molecule has 8 bridgehead atoms. The predicted molar refractivity (Wildman–Crippen MR) is 386 cm³/mol. The quantitative estimate of drug-likeness (QED) is 0.0681. The van der Waals surface area contributed by atoms with Crippen LogP contribution in [0.4, 0.5) is 22.7 Å². The van der Waals surface area contributed by atoms with Crippen LogP contribution in [0.15, 0.2) is 97.1 Å². The second-order valence-corrected chi connectivity index (χ2v) is 30.5. The Labute approximate surface area is 562 Å². The Kier molecular flexibility index (Phi) is 17.8. The fourth-order valence-corrected chi connectivity index (χ4v) is 13.7.